The van der Waals surface area contributed by atoms with Gasteiger partial charge in [-0.15, -0.1) is 0 Å². The second-order valence-corrected chi connectivity index (χ2v) is 5.57. The summed E-state index contributed by atoms with van der Waals surface area (Å²) >= 11 is 0. The lowest BCUT2D eigenvalue weighted by Gasteiger charge is -2.32. The Morgan fingerprint density at radius 1 is 1.28 bits per heavy atom. The van der Waals surface area contributed by atoms with Crippen LogP contribution in [0, 0.1) is 0 Å². The van der Waals surface area contributed by atoms with E-state index in [1.807, 2.05) is 0 Å². The molecule has 2 rings (SSSR count). The molecule has 5 nitrogen and oxygen atoms in total. The van der Waals surface area contributed by atoms with Crippen LogP contribution in [0.5, 0.6) is 0 Å². The van der Waals surface area contributed by atoms with E-state index in [1.54, 1.807) is 0 Å². The molecule has 0 aromatic carbocycles. The van der Waals surface area contributed by atoms with Gasteiger partial charge in [0.05, 0.1) is 0 Å². The average molecular weight is 255 g/mol. The van der Waals surface area contributed by atoms with Crippen molar-refractivity contribution in [2.45, 2.75) is 44.2 Å². The summed E-state index contributed by atoms with van der Waals surface area (Å²) in [4.78, 5) is 15.6. The highest BCUT2D eigenvalue weighted by Gasteiger charge is 2.28. The Hall–Kier alpha value is -0.650. The SMILES string of the molecule is NC(CCN1CCC(N2CCCCC2)C1)C(=O)O. The molecule has 2 saturated heterocycles. The number of hydrogen-bond acceptors (Lipinski definition) is 4. The molecule has 0 aliphatic carbocycles. The van der Waals surface area contributed by atoms with Gasteiger partial charge in [-0.05, 0) is 45.3 Å². The second-order valence-electron chi connectivity index (χ2n) is 5.57. The number of hydrogen-bond donors (Lipinski definition) is 2. The molecule has 2 fully saturated rings. The van der Waals surface area contributed by atoms with Crippen molar-refractivity contribution in [3.8, 4) is 0 Å². The van der Waals surface area contributed by atoms with Gasteiger partial charge in [-0.2, -0.15) is 0 Å². The van der Waals surface area contributed by atoms with Crippen LogP contribution in [0.2, 0.25) is 0 Å². The Balaban J connectivity index is 1.69. The maximum Gasteiger partial charge on any atom is 0.320 e. The summed E-state index contributed by atoms with van der Waals surface area (Å²) in [6.45, 7) is 5.48. The summed E-state index contributed by atoms with van der Waals surface area (Å²) < 4.78 is 0. The van der Waals surface area contributed by atoms with Crippen LogP contribution in [-0.4, -0.2) is 65.7 Å². The van der Waals surface area contributed by atoms with Gasteiger partial charge >= 0.3 is 5.97 Å². The molecule has 5 heteroatoms. The summed E-state index contributed by atoms with van der Waals surface area (Å²) in [6.07, 6.45) is 5.82. The first kappa shape index (κ1) is 13.8. The summed E-state index contributed by atoms with van der Waals surface area (Å²) in [5, 5.41) is 8.76. The van der Waals surface area contributed by atoms with E-state index in [1.165, 1.54) is 38.8 Å². The predicted octanol–water partition coefficient (Wildman–Crippen LogP) is 0.349. The van der Waals surface area contributed by atoms with Gasteiger partial charge in [0.2, 0.25) is 0 Å². The molecule has 2 heterocycles. The van der Waals surface area contributed by atoms with Gasteiger partial charge in [-0.3, -0.25) is 9.69 Å². The molecular weight excluding hydrogens is 230 g/mol. The first-order valence-corrected chi connectivity index (χ1v) is 7.11. The fourth-order valence-electron chi connectivity index (χ4n) is 3.04. The highest BCUT2D eigenvalue weighted by atomic mass is 16.4. The lowest BCUT2D eigenvalue weighted by molar-refractivity contribution is -0.138. The molecule has 0 bridgehead atoms. The highest BCUT2D eigenvalue weighted by Crippen LogP contribution is 2.20. The van der Waals surface area contributed by atoms with Gasteiger partial charge in [0.25, 0.3) is 0 Å². The second kappa shape index (κ2) is 6.50. The third-order valence-corrected chi connectivity index (χ3v) is 4.23. The van der Waals surface area contributed by atoms with Crippen LogP contribution in [0.3, 0.4) is 0 Å². The van der Waals surface area contributed by atoms with E-state index in [2.05, 4.69) is 9.80 Å². The van der Waals surface area contributed by atoms with E-state index in [0.29, 0.717) is 12.5 Å². The number of likely N-dealkylation sites (tertiary alicyclic amines) is 2. The molecule has 104 valence electrons. The largest absolute Gasteiger partial charge is 0.480 e. The van der Waals surface area contributed by atoms with E-state index in [0.717, 1.165) is 19.6 Å². The van der Waals surface area contributed by atoms with Gasteiger partial charge in [0.1, 0.15) is 6.04 Å². The zero-order valence-corrected chi connectivity index (χ0v) is 11.1. The Bertz CT molecular complexity index is 279. The molecule has 2 atom stereocenters. The van der Waals surface area contributed by atoms with Gasteiger partial charge in [-0.25, -0.2) is 0 Å². The standard InChI is InChI=1S/C13H25N3O2/c14-12(13(17)18)5-9-15-8-4-11(10-15)16-6-2-1-3-7-16/h11-12H,1-10,14H2,(H,17,18). The molecule has 2 aliphatic rings. The molecule has 0 aromatic rings. The lowest BCUT2D eigenvalue weighted by atomic mass is 10.1. The van der Waals surface area contributed by atoms with Crippen LogP contribution in [0.1, 0.15) is 32.1 Å². The Morgan fingerprint density at radius 2 is 2.00 bits per heavy atom. The molecule has 0 spiro atoms. The number of carbonyl (C=O) groups is 1. The highest BCUT2D eigenvalue weighted by molar-refractivity contribution is 5.72. The Morgan fingerprint density at radius 3 is 2.67 bits per heavy atom. The smallest absolute Gasteiger partial charge is 0.320 e. The van der Waals surface area contributed by atoms with Gasteiger partial charge < -0.3 is 15.7 Å². The fourth-order valence-corrected chi connectivity index (χ4v) is 3.04. The molecule has 18 heavy (non-hydrogen) atoms. The van der Waals surface area contributed by atoms with Crippen LogP contribution in [-0.2, 0) is 4.79 Å². The minimum absolute atomic E-state index is 0.558. The molecule has 2 unspecified atom stereocenters. The number of nitrogens with zero attached hydrogens (tertiary/aromatic N) is 2. The van der Waals surface area contributed by atoms with Gasteiger partial charge in [0.15, 0.2) is 0 Å². The number of piperidine rings is 1. The molecular formula is C13H25N3O2. The number of carboxylic acid groups (broad SMARTS) is 1. The molecule has 0 radical (unpaired) electrons. The molecule has 0 saturated carbocycles. The number of rotatable bonds is 5. The van der Waals surface area contributed by atoms with Crippen molar-refractivity contribution in [2.75, 3.05) is 32.7 Å². The topological polar surface area (TPSA) is 69.8 Å². The number of carboxylic acids is 1. The van der Waals surface area contributed by atoms with E-state index >= 15 is 0 Å². The van der Waals surface area contributed by atoms with Crippen molar-refractivity contribution >= 4 is 5.97 Å². The van der Waals surface area contributed by atoms with Crippen LogP contribution < -0.4 is 5.73 Å². The molecule has 3 N–H and O–H groups in total. The number of nitrogens with two attached hydrogens (primary N) is 1. The molecule has 0 aromatic heterocycles. The Kier molecular flexibility index (Phi) is 4.97. The fraction of sp³-hybridized carbons (Fsp3) is 0.923. The minimum Gasteiger partial charge on any atom is -0.480 e. The Labute approximate surface area is 109 Å². The molecule has 0 amide bonds. The van der Waals surface area contributed by atoms with Crippen molar-refractivity contribution in [1.82, 2.24) is 9.80 Å². The van der Waals surface area contributed by atoms with Crippen LogP contribution in [0.25, 0.3) is 0 Å². The maximum absolute atomic E-state index is 10.7. The first-order valence-electron chi connectivity index (χ1n) is 7.11. The van der Waals surface area contributed by atoms with Crippen LogP contribution >= 0.6 is 0 Å². The summed E-state index contributed by atoms with van der Waals surface area (Å²) in [5.74, 6) is -0.887. The van der Waals surface area contributed by atoms with E-state index in [-0.39, 0.29) is 0 Å². The summed E-state index contributed by atoms with van der Waals surface area (Å²) in [5.41, 5.74) is 5.54. The van der Waals surface area contributed by atoms with Crippen molar-refractivity contribution in [3.05, 3.63) is 0 Å². The molecule has 2 aliphatic heterocycles. The van der Waals surface area contributed by atoms with Crippen LogP contribution in [0.4, 0.5) is 0 Å². The van der Waals surface area contributed by atoms with Crippen molar-refractivity contribution < 1.29 is 9.90 Å². The van der Waals surface area contributed by atoms with E-state index in [9.17, 15) is 4.79 Å². The third-order valence-electron chi connectivity index (χ3n) is 4.23. The monoisotopic (exact) mass is 255 g/mol. The van der Waals surface area contributed by atoms with Gasteiger partial charge in [0, 0.05) is 19.1 Å². The van der Waals surface area contributed by atoms with E-state index in [4.69, 9.17) is 10.8 Å². The lowest BCUT2D eigenvalue weighted by Crippen LogP contribution is -2.41. The van der Waals surface area contributed by atoms with E-state index < -0.39 is 12.0 Å². The summed E-state index contributed by atoms with van der Waals surface area (Å²) in [6, 6.07) is -0.0228. The normalized spacial score (nSPS) is 28.4. The average Bonchev–Trinajstić information content (AvgIpc) is 2.85. The summed E-state index contributed by atoms with van der Waals surface area (Å²) in [7, 11) is 0. The minimum atomic E-state index is -0.887. The van der Waals surface area contributed by atoms with Crippen LogP contribution in [0.15, 0.2) is 0 Å². The zero-order chi connectivity index (χ0) is 13.0. The van der Waals surface area contributed by atoms with Crippen molar-refractivity contribution in [2.24, 2.45) is 5.73 Å². The predicted molar refractivity (Wildman–Crippen MR) is 70.5 cm³/mol. The number of aliphatic carboxylic acids is 1. The zero-order valence-electron chi connectivity index (χ0n) is 11.1. The van der Waals surface area contributed by atoms with Crippen molar-refractivity contribution in [3.63, 3.8) is 0 Å². The first-order chi connectivity index (χ1) is 8.66. The van der Waals surface area contributed by atoms with Gasteiger partial charge in [-0.1, -0.05) is 6.42 Å². The quantitative estimate of drug-likeness (QED) is 0.742. The van der Waals surface area contributed by atoms with Crippen molar-refractivity contribution in [1.29, 1.82) is 0 Å². The third kappa shape index (κ3) is 3.67. The maximum atomic E-state index is 10.7.